The average Bonchev–Trinajstić information content (AvgIpc) is 2.39. The minimum atomic E-state index is 0.434. The molecule has 1 unspecified atom stereocenters. The molecule has 0 saturated carbocycles. The molecule has 3 heteroatoms. The highest BCUT2D eigenvalue weighted by Gasteiger charge is 2.13. The smallest absolute Gasteiger partial charge is 0.0417 e. The molecule has 0 fully saturated rings. The molecule has 108 valence electrons. The van der Waals surface area contributed by atoms with Crippen LogP contribution in [-0.4, -0.2) is 6.54 Å². The fourth-order valence-electron chi connectivity index (χ4n) is 2.25. The van der Waals surface area contributed by atoms with Crippen LogP contribution in [0.5, 0.6) is 0 Å². The number of rotatable bonds is 9. The lowest BCUT2D eigenvalue weighted by atomic mass is 10.00. The third-order valence-electron chi connectivity index (χ3n) is 3.33. The van der Waals surface area contributed by atoms with E-state index in [9.17, 15) is 0 Å². The van der Waals surface area contributed by atoms with Gasteiger partial charge in [0.15, 0.2) is 0 Å². The Morgan fingerprint density at radius 3 is 2.58 bits per heavy atom. The molecule has 0 heterocycles. The van der Waals surface area contributed by atoms with Crippen LogP contribution in [-0.2, 0) is 0 Å². The highest BCUT2D eigenvalue weighted by Crippen LogP contribution is 2.29. The molecule has 0 amide bonds. The average molecular weight is 347 g/mol. The normalized spacial score (nSPS) is 12.6. The van der Waals surface area contributed by atoms with E-state index in [1.807, 2.05) is 12.1 Å². The Morgan fingerprint density at radius 1 is 1.16 bits per heavy atom. The van der Waals surface area contributed by atoms with Crippen LogP contribution in [0.4, 0.5) is 0 Å². The maximum absolute atomic E-state index is 6.02. The summed E-state index contributed by atoms with van der Waals surface area (Å²) in [6.45, 7) is 5.52. The van der Waals surface area contributed by atoms with E-state index in [-0.39, 0.29) is 0 Å². The van der Waals surface area contributed by atoms with E-state index in [2.05, 4.69) is 41.2 Å². The molecule has 1 aromatic rings. The standard InChI is InChI=1S/C16H25BrClN/c1-3-5-6-7-8-16(19-11-4-2)14-10-9-13(18)12-15(14)17/h9-10,12,16,19H,3-8,11H2,1-2H3. The predicted molar refractivity (Wildman–Crippen MR) is 88.9 cm³/mol. The van der Waals surface area contributed by atoms with Gasteiger partial charge in [-0.2, -0.15) is 0 Å². The van der Waals surface area contributed by atoms with Crippen molar-refractivity contribution >= 4 is 27.5 Å². The predicted octanol–water partition coefficient (Wildman–Crippen LogP) is 6.11. The first-order chi connectivity index (χ1) is 9.19. The Morgan fingerprint density at radius 2 is 1.95 bits per heavy atom. The molecule has 1 rings (SSSR count). The van der Waals surface area contributed by atoms with Crippen LogP contribution in [0.15, 0.2) is 22.7 Å². The van der Waals surface area contributed by atoms with Crippen LogP contribution in [0.3, 0.4) is 0 Å². The van der Waals surface area contributed by atoms with Gasteiger partial charge in [0, 0.05) is 15.5 Å². The van der Waals surface area contributed by atoms with Crippen LogP contribution < -0.4 is 5.32 Å². The second-order valence-electron chi connectivity index (χ2n) is 5.02. The summed E-state index contributed by atoms with van der Waals surface area (Å²) < 4.78 is 1.11. The summed E-state index contributed by atoms with van der Waals surface area (Å²) in [5.74, 6) is 0. The fourth-order valence-corrected chi connectivity index (χ4v) is 3.20. The Balaban J connectivity index is 2.66. The fraction of sp³-hybridized carbons (Fsp3) is 0.625. The number of nitrogens with one attached hydrogen (secondary N) is 1. The first kappa shape index (κ1) is 17.0. The van der Waals surface area contributed by atoms with Gasteiger partial charge in [0.2, 0.25) is 0 Å². The first-order valence-corrected chi connectivity index (χ1v) is 8.54. The lowest BCUT2D eigenvalue weighted by molar-refractivity contribution is 0.469. The van der Waals surface area contributed by atoms with Gasteiger partial charge in [0.1, 0.15) is 0 Å². The van der Waals surface area contributed by atoms with Gasteiger partial charge in [-0.15, -0.1) is 0 Å². The van der Waals surface area contributed by atoms with Crippen molar-refractivity contribution in [1.29, 1.82) is 0 Å². The number of unbranched alkanes of at least 4 members (excludes halogenated alkanes) is 3. The van der Waals surface area contributed by atoms with Crippen molar-refractivity contribution in [2.24, 2.45) is 0 Å². The van der Waals surface area contributed by atoms with Gasteiger partial charge in [-0.25, -0.2) is 0 Å². The first-order valence-electron chi connectivity index (χ1n) is 7.37. The van der Waals surface area contributed by atoms with E-state index in [4.69, 9.17) is 11.6 Å². The summed E-state index contributed by atoms with van der Waals surface area (Å²) in [6.07, 6.45) is 7.59. The van der Waals surface area contributed by atoms with Gasteiger partial charge in [-0.1, -0.05) is 73.1 Å². The second-order valence-corrected chi connectivity index (χ2v) is 6.31. The van der Waals surface area contributed by atoms with Crippen molar-refractivity contribution in [3.63, 3.8) is 0 Å². The SMILES string of the molecule is CCCCCCC(NCCC)c1ccc(Cl)cc1Br. The minimum Gasteiger partial charge on any atom is -0.310 e. The molecular formula is C16H25BrClN. The zero-order chi connectivity index (χ0) is 14.1. The molecule has 0 aliphatic carbocycles. The van der Waals surface area contributed by atoms with E-state index in [0.717, 1.165) is 22.5 Å². The van der Waals surface area contributed by atoms with Crippen molar-refractivity contribution in [3.05, 3.63) is 33.3 Å². The number of hydrogen-bond acceptors (Lipinski definition) is 1. The molecular weight excluding hydrogens is 322 g/mol. The van der Waals surface area contributed by atoms with E-state index in [0.29, 0.717) is 6.04 Å². The lowest BCUT2D eigenvalue weighted by Gasteiger charge is -2.20. The molecule has 0 aromatic heterocycles. The second kappa shape index (κ2) is 9.79. The zero-order valence-corrected chi connectivity index (χ0v) is 14.4. The Bertz CT molecular complexity index is 368. The molecule has 0 radical (unpaired) electrons. The number of benzene rings is 1. The molecule has 0 spiro atoms. The topological polar surface area (TPSA) is 12.0 Å². The van der Waals surface area contributed by atoms with Crippen molar-refractivity contribution in [2.45, 2.75) is 58.4 Å². The van der Waals surface area contributed by atoms with Crippen LogP contribution in [0.1, 0.15) is 64.0 Å². The highest BCUT2D eigenvalue weighted by molar-refractivity contribution is 9.10. The molecule has 0 aliphatic heterocycles. The molecule has 1 aromatic carbocycles. The molecule has 0 bridgehead atoms. The van der Waals surface area contributed by atoms with Crippen molar-refractivity contribution in [2.75, 3.05) is 6.54 Å². The summed E-state index contributed by atoms with van der Waals surface area (Å²) >= 11 is 9.66. The van der Waals surface area contributed by atoms with E-state index < -0.39 is 0 Å². The molecule has 0 aliphatic rings. The number of hydrogen-bond donors (Lipinski definition) is 1. The van der Waals surface area contributed by atoms with Gasteiger partial charge < -0.3 is 5.32 Å². The van der Waals surface area contributed by atoms with E-state index in [1.54, 1.807) is 0 Å². The quantitative estimate of drug-likeness (QED) is 0.532. The molecule has 1 nitrogen and oxygen atoms in total. The van der Waals surface area contributed by atoms with Crippen molar-refractivity contribution < 1.29 is 0 Å². The minimum absolute atomic E-state index is 0.434. The summed E-state index contributed by atoms with van der Waals surface area (Å²) in [4.78, 5) is 0. The molecule has 0 saturated heterocycles. The largest absolute Gasteiger partial charge is 0.310 e. The van der Waals surface area contributed by atoms with Gasteiger partial charge in [0.05, 0.1) is 0 Å². The summed E-state index contributed by atoms with van der Waals surface area (Å²) in [7, 11) is 0. The van der Waals surface area contributed by atoms with E-state index in [1.165, 1.54) is 37.7 Å². The van der Waals surface area contributed by atoms with Gasteiger partial charge in [0.25, 0.3) is 0 Å². The molecule has 19 heavy (non-hydrogen) atoms. The van der Waals surface area contributed by atoms with Crippen LogP contribution in [0.2, 0.25) is 5.02 Å². The van der Waals surface area contributed by atoms with Crippen LogP contribution in [0, 0.1) is 0 Å². The summed E-state index contributed by atoms with van der Waals surface area (Å²) in [5.41, 5.74) is 1.33. The highest BCUT2D eigenvalue weighted by atomic mass is 79.9. The summed E-state index contributed by atoms with van der Waals surface area (Å²) in [6, 6.07) is 6.54. The Hall–Kier alpha value is -0.0500. The third kappa shape index (κ3) is 6.29. The third-order valence-corrected chi connectivity index (χ3v) is 4.25. The van der Waals surface area contributed by atoms with E-state index >= 15 is 0 Å². The number of halogens is 2. The molecule has 1 atom stereocenters. The Labute approximate surface area is 131 Å². The van der Waals surface area contributed by atoms with Crippen molar-refractivity contribution in [1.82, 2.24) is 5.32 Å². The molecule has 1 N–H and O–H groups in total. The Kier molecular flexibility index (Phi) is 8.76. The van der Waals surface area contributed by atoms with Crippen LogP contribution >= 0.6 is 27.5 Å². The summed E-state index contributed by atoms with van der Waals surface area (Å²) in [5, 5.41) is 4.44. The lowest BCUT2D eigenvalue weighted by Crippen LogP contribution is -2.22. The zero-order valence-electron chi connectivity index (χ0n) is 12.0. The maximum Gasteiger partial charge on any atom is 0.0417 e. The maximum atomic E-state index is 6.02. The van der Waals surface area contributed by atoms with Crippen LogP contribution in [0.25, 0.3) is 0 Å². The van der Waals surface area contributed by atoms with Gasteiger partial charge in [-0.3, -0.25) is 0 Å². The van der Waals surface area contributed by atoms with Gasteiger partial charge in [-0.05, 0) is 37.1 Å². The van der Waals surface area contributed by atoms with Gasteiger partial charge >= 0.3 is 0 Å². The monoisotopic (exact) mass is 345 g/mol. The van der Waals surface area contributed by atoms with Crippen molar-refractivity contribution in [3.8, 4) is 0 Å².